The fourth-order valence-electron chi connectivity index (χ4n) is 5.02. The Morgan fingerprint density at radius 1 is 1.00 bits per heavy atom. The highest BCUT2D eigenvalue weighted by atomic mass is 32.1. The standard InChI is InChI=1S/C28H28N2O5S/c1-28(2)14-19-23(20(31)15-28)24(16-9-11-18(33-3)12-10-16)30-26(32)22(36-27(30)29-19)13-17-7-6-8-21(34-4)25(17)35-5/h6-13,24H,14-15H2,1-5H3. The van der Waals surface area contributed by atoms with Crippen molar-refractivity contribution in [2.45, 2.75) is 32.7 Å². The molecule has 1 atom stereocenters. The second kappa shape index (κ2) is 9.09. The molecule has 1 aliphatic heterocycles. The van der Waals surface area contributed by atoms with Crippen LogP contribution in [0.25, 0.3) is 6.08 Å². The van der Waals surface area contributed by atoms with E-state index in [1.54, 1.807) is 32.0 Å². The molecule has 0 N–H and O–H groups in total. The van der Waals surface area contributed by atoms with Crippen LogP contribution in [0.1, 0.15) is 43.9 Å². The highest BCUT2D eigenvalue weighted by Crippen LogP contribution is 2.43. The van der Waals surface area contributed by atoms with Crippen LogP contribution < -0.4 is 29.1 Å². The van der Waals surface area contributed by atoms with Gasteiger partial charge in [-0.3, -0.25) is 14.2 Å². The number of fused-ring (bicyclic) bond motifs is 1. The summed E-state index contributed by atoms with van der Waals surface area (Å²) in [6.07, 6.45) is 2.89. The van der Waals surface area contributed by atoms with E-state index in [4.69, 9.17) is 19.2 Å². The lowest BCUT2D eigenvalue weighted by Gasteiger charge is -2.35. The maximum absolute atomic E-state index is 13.8. The lowest BCUT2D eigenvalue weighted by Crippen LogP contribution is -2.42. The molecule has 2 aliphatic rings. The van der Waals surface area contributed by atoms with Crippen molar-refractivity contribution in [2.75, 3.05) is 21.3 Å². The van der Waals surface area contributed by atoms with Crippen LogP contribution in [0.3, 0.4) is 0 Å². The molecule has 0 amide bonds. The summed E-state index contributed by atoms with van der Waals surface area (Å²) in [5, 5.41) is 0. The van der Waals surface area contributed by atoms with Crippen LogP contribution in [-0.2, 0) is 4.79 Å². The number of ketones is 1. The number of carbonyl (C=O) groups is 1. The maximum atomic E-state index is 13.8. The highest BCUT2D eigenvalue weighted by Gasteiger charge is 2.40. The van der Waals surface area contributed by atoms with Crippen molar-refractivity contribution >= 4 is 23.2 Å². The lowest BCUT2D eigenvalue weighted by atomic mass is 9.73. The van der Waals surface area contributed by atoms with Crippen molar-refractivity contribution in [2.24, 2.45) is 10.4 Å². The number of carbonyl (C=O) groups excluding carboxylic acids is 1. The zero-order valence-electron chi connectivity index (χ0n) is 21.0. The van der Waals surface area contributed by atoms with Crippen LogP contribution in [-0.4, -0.2) is 31.7 Å². The molecule has 1 unspecified atom stereocenters. The third-order valence-corrected chi connectivity index (χ3v) is 7.63. The third kappa shape index (κ3) is 4.05. The number of para-hydroxylation sites is 1. The average molecular weight is 505 g/mol. The molecule has 1 aromatic heterocycles. The number of thiazole rings is 1. The van der Waals surface area contributed by atoms with Gasteiger partial charge in [0.15, 0.2) is 22.1 Å². The van der Waals surface area contributed by atoms with Gasteiger partial charge in [-0.15, -0.1) is 0 Å². The SMILES string of the molecule is COc1ccc(C2C3=C(CC(C)(C)CC3=O)N=c3sc(=Cc4cccc(OC)c4OC)c(=O)n32)cc1. The van der Waals surface area contributed by atoms with Gasteiger partial charge in [-0.25, -0.2) is 4.99 Å². The Hall–Kier alpha value is -3.65. The van der Waals surface area contributed by atoms with Crippen molar-refractivity contribution < 1.29 is 19.0 Å². The fraction of sp³-hybridized carbons (Fsp3) is 0.321. The van der Waals surface area contributed by atoms with E-state index in [0.29, 0.717) is 45.0 Å². The van der Waals surface area contributed by atoms with E-state index in [2.05, 4.69) is 13.8 Å². The van der Waals surface area contributed by atoms with E-state index in [1.165, 1.54) is 11.3 Å². The molecule has 0 saturated heterocycles. The second-order valence-corrected chi connectivity index (χ2v) is 10.7. The molecule has 0 saturated carbocycles. The average Bonchev–Trinajstić information content (AvgIpc) is 3.16. The Balaban J connectivity index is 1.76. The summed E-state index contributed by atoms with van der Waals surface area (Å²) in [7, 11) is 4.76. The first kappa shape index (κ1) is 24.1. The van der Waals surface area contributed by atoms with Crippen molar-refractivity contribution in [1.82, 2.24) is 4.57 Å². The largest absolute Gasteiger partial charge is 0.497 e. The van der Waals surface area contributed by atoms with Crippen LogP contribution in [0.2, 0.25) is 0 Å². The maximum Gasteiger partial charge on any atom is 0.271 e. The summed E-state index contributed by atoms with van der Waals surface area (Å²) >= 11 is 1.31. The normalized spacial score (nSPS) is 18.9. The molecule has 1 aliphatic carbocycles. The molecule has 0 bridgehead atoms. The molecule has 186 valence electrons. The predicted octanol–water partition coefficient (Wildman–Crippen LogP) is 3.63. The third-order valence-electron chi connectivity index (χ3n) is 6.65. The molecule has 0 radical (unpaired) electrons. The molecule has 2 heterocycles. The van der Waals surface area contributed by atoms with Crippen LogP contribution in [0, 0.1) is 5.41 Å². The topological polar surface area (TPSA) is 79.1 Å². The van der Waals surface area contributed by atoms with Crippen LogP contribution in [0.15, 0.2) is 63.5 Å². The molecule has 2 aromatic carbocycles. The first-order chi connectivity index (χ1) is 17.3. The first-order valence-electron chi connectivity index (χ1n) is 11.7. The molecule has 5 rings (SSSR count). The van der Waals surface area contributed by atoms with Gasteiger partial charge >= 0.3 is 0 Å². The quantitative estimate of drug-likeness (QED) is 0.530. The molecule has 7 nitrogen and oxygen atoms in total. The smallest absolute Gasteiger partial charge is 0.271 e. The molecule has 36 heavy (non-hydrogen) atoms. The molecule has 0 spiro atoms. The Labute approximate surface area is 213 Å². The van der Waals surface area contributed by atoms with Gasteiger partial charge < -0.3 is 14.2 Å². The minimum absolute atomic E-state index is 0.0366. The van der Waals surface area contributed by atoms with E-state index < -0.39 is 6.04 Å². The summed E-state index contributed by atoms with van der Waals surface area (Å²) in [6.45, 7) is 4.16. The van der Waals surface area contributed by atoms with Crippen molar-refractivity contribution in [3.05, 3.63) is 84.5 Å². The summed E-state index contributed by atoms with van der Waals surface area (Å²) in [5.41, 5.74) is 2.56. The van der Waals surface area contributed by atoms with Crippen molar-refractivity contribution in [3.8, 4) is 17.2 Å². The van der Waals surface area contributed by atoms with Gasteiger partial charge in [0.05, 0.1) is 37.6 Å². The van der Waals surface area contributed by atoms with Gasteiger partial charge in [0, 0.05) is 17.6 Å². The minimum Gasteiger partial charge on any atom is -0.497 e. The van der Waals surface area contributed by atoms with E-state index in [9.17, 15) is 9.59 Å². The number of benzene rings is 2. The Morgan fingerprint density at radius 3 is 2.42 bits per heavy atom. The van der Waals surface area contributed by atoms with Gasteiger partial charge in [-0.1, -0.05) is 49.4 Å². The van der Waals surface area contributed by atoms with Gasteiger partial charge in [0.2, 0.25) is 0 Å². The highest BCUT2D eigenvalue weighted by molar-refractivity contribution is 7.07. The van der Waals surface area contributed by atoms with Gasteiger partial charge in [-0.2, -0.15) is 0 Å². The van der Waals surface area contributed by atoms with Crippen LogP contribution in [0.5, 0.6) is 17.2 Å². The van der Waals surface area contributed by atoms with Gasteiger partial charge in [0.25, 0.3) is 5.56 Å². The van der Waals surface area contributed by atoms with E-state index in [0.717, 1.165) is 16.8 Å². The number of ether oxygens (including phenoxy) is 3. The predicted molar refractivity (Wildman–Crippen MR) is 139 cm³/mol. The summed E-state index contributed by atoms with van der Waals surface area (Å²) in [4.78, 5) is 32.7. The molecule has 8 heteroatoms. The summed E-state index contributed by atoms with van der Waals surface area (Å²) < 4.78 is 18.5. The number of hydrogen-bond donors (Lipinski definition) is 0. The monoisotopic (exact) mass is 504 g/mol. The minimum atomic E-state index is -0.542. The Kier molecular flexibility index (Phi) is 6.08. The van der Waals surface area contributed by atoms with E-state index in [-0.39, 0.29) is 16.8 Å². The van der Waals surface area contributed by atoms with E-state index >= 15 is 0 Å². The number of rotatable bonds is 5. The van der Waals surface area contributed by atoms with Crippen LogP contribution >= 0.6 is 11.3 Å². The van der Waals surface area contributed by atoms with E-state index in [1.807, 2.05) is 42.5 Å². The van der Waals surface area contributed by atoms with Crippen molar-refractivity contribution in [1.29, 1.82) is 0 Å². The summed E-state index contributed by atoms with van der Waals surface area (Å²) in [5.74, 6) is 1.88. The number of methoxy groups -OCH3 is 3. The van der Waals surface area contributed by atoms with Gasteiger partial charge in [-0.05, 0) is 41.7 Å². The summed E-state index contributed by atoms with van der Waals surface area (Å²) in [6, 6.07) is 12.5. The zero-order chi connectivity index (χ0) is 25.6. The van der Waals surface area contributed by atoms with Gasteiger partial charge in [0.1, 0.15) is 5.75 Å². The van der Waals surface area contributed by atoms with Crippen LogP contribution in [0.4, 0.5) is 0 Å². The second-order valence-electron chi connectivity index (χ2n) is 9.74. The van der Waals surface area contributed by atoms with Crippen molar-refractivity contribution in [3.63, 3.8) is 0 Å². The number of hydrogen-bond acceptors (Lipinski definition) is 7. The molecule has 0 fully saturated rings. The molecular formula is C28H28N2O5S. The zero-order valence-corrected chi connectivity index (χ0v) is 21.8. The first-order valence-corrected chi connectivity index (χ1v) is 12.5. The number of Topliss-reactive ketones (excluding diaryl/α,β-unsaturated/α-hetero) is 1. The Morgan fingerprint density at radius 2 is 1.75 bits per heavy atom. The fourth-order valence-corrected chi connectivity index (χ4v) is 6.03. The Bertz CT molecular complexity index is 1560. The molecular weight excluding hydrogens is 476 g/mol. The number of allylic oxidation sites excluding steroid dienone is 2. The number of aromatic nitrogens is 1. The lowest BCUT2D eigenvalue weighted by molar-refractivity contribution is -0.118. The number of nitrogens with zero attached hydrogens (tertiary/aromatic N) is 2. The molecule has 3 aromatic rings.